The van der Waals surface area contributed by atoms with Crippen LogP contribution in [0.25, 0.3) is 11.5 Å². The van der Waals surface area contributed by atoms with Gasteiger partial charge in [0.05, 0.1) is 0 Å². The van der Waals surface area contributed by atoms with Gasteiger partial charge in [-0.15, -0.1) is 10.2 Å². The van der Waals surface area contributed by atoms with Crippen molar-refractivity contribution in [2.45, 2.75) is 23.3 Å². The van der Waals surface area contributed by atoms with E-state index in [1.807, 2.05) is 59.5 Å². The van der Waals surface area contributed by atoms with Gasteiger partial charge in [-0.3, -0.25) is 4.79 Å². The maximum Gasteiger partial charge on any atom is 0.277 e. The van der Waals surface area contributed by atoms with Crippen LogP contribution in [0, 0.1) is 0 Å². The number of thioether (sulfide) groups is 1. The normalized spacial score (nSPS) is 15.1. The van der Waals surface area contributed by atoms with Crippen LogP contribution in [0.3, 0.4) is 0 Å². The van der Waals surface area contributed by atoms with Gasteiger partial charge in [-0.05, 0) is 48.4 Å². The van der Waals surface area contributed by atoms with Gasteiger partial charge in [0.2, 0.25) is 11.8 Å². The molecule has 1 fully saturated rings. The highest BCUT2D eigenvalue weighted by molar-refractivity contribution is 9.10. The fourth-order valence-corrected chi connectivity index (χ4v) is 4.45. The number of halogens is 1. The highest BCUT2D eigenvalue weighted by Crippen LogP contribution is 2.37. The summed E-state index contributed by atoms with van der Waals surface area (Å²) in [5, 5.41) is 8.31. The zero-order chi connectivity index (χ0) is 18.6. The van der Waals surface area contributed by atoms with Crippen LogP contribution in [-0.2, 0) is 4.79 Å². The van der Waals surface area contributed by atoms with Gasteiger partial charge in [-0.25, -0.2) is 0 Å². The first-order chi connectivity index (χ1) is 13.2. The predicted octanol–water partition coefficient (Wildman–Crippen LogP) is 4.95. The lowest BCUT2D eigenvalue weighted by Gasteiger charge is -2.22. The minimum Gasteiger partial charge on any atom is -0.411 e. The maximum absolute atomic E-state index is 13.1. The van der Waals surface area contributed by atoms with E-state index in [9.17, 15) is 4.79 Å². The Morgan fingerprint density at radius 1 is 1.07 bits per heavy atom. The summed E-state index contributed by atoms with van der Waals surface area (Å²) in [6, 6.07) is 17.5. The Hall–Kier alpha value is -2.12. The molecule has 1 unspecified atom stereocenters. The molecule has 1 saturated heterocycles. The number of rotatable bonds is 5. The Bertz CT molecular complexity index is 926. The quantitative estimate of drug-likeness (QED) is 0.521. The molecule has 0 saturated carbocycles. The Morgan fingerprint density at radius 2 is 1.85 bits per heavy atom. The van der Waals surface area contributed by atoms with Crippen molar-refractivity contribution in [3.63, 3.8) is 0 Å². The molecule has 1 atom stereocenters. The molecule has 5 nitrogen and oxygen atoms in total. The first kappa shape index (κ1) is 18.3. The summed E-state index contributed by atoms with van der Waals surface area (Å²) in [4.78, 5) is 15.0. The number of nitrogens with zero attached hydrogens (tertiary/aromatic N) is 3. The van der Waals surface area contributed by atoms with E-state index < -0.39 is 0 Å². The second kappa shape index (κ2) is 8.27. The number of hydrogen-bond acceptors (Lipinski definition) is 5. The van der Waals surface area contributed by atoms with Gasteiger partial charge < -0.3 is 9.32 Å². The summed E-state index contributed by atoms with van der Waals surface area (Å²) in [6.45, 7) is 1.63. The Labute approximate surface area is 170 Å². The molecule has 7 heteroatoms. The molecule has 0 aliphatic carbocycles. The SMILES string of the molecule is O=C(C(Sc1nnc(-c2cccc(Br)c2)o1)c1ccccc1)N1CCCC1. The summed E-state index contributed by atoms with van der Waals surface area (Å²) in [5.74, 6) is 0.546. The van der Waals surface area contributed by atoms with Crippen molar-refractivity contribution >= 4 is 33.6 Å². The van der Waals surface area contributed by atoms with E-state index in [-0.39, 0.29) is 11.2 Å². The molecule has 4 rings (SSSR count). The number of aromatic nitrogens is 2. The van der Waals surface area contributed by atoms with Crippen LogP contribution in [0.5, 0.6) is 0 Å². The van der Waals surface area contributed by atoms with Crippen molar-refractivity contribution in [3.8, 4) is 11.5 Å². The van der Waals surface area contributed by atoms with E-state index in [2.05, 4.69) is 26.1 Å². The number of benzene rings is 2. The molecule has 138 valence electrons. The van der Waals surface area contributed by atoms with Crippen LogP contribution in [-0.4, -0.2) is 34.1 Å². The van der Waals surface area contributed by atoms with E-state index in [0.29, 0.717) is 11.1 Å². The van der Waals surface area contributed by atoms with E-state index in [1.165, 1.54) is 11.8 Å². The molecule has 27 heavy (non-hydrogen) atoms. The third-order valence-corrected chi connectivity index (χ3v) is 6.01. The second-order valence-corrected chi connectivity index (χ2v) is 8.30. The van der Waals surface area contributed by atoms with Crippen LogP contribution in [0.2, 0.25) is 0 Å². The van der Waals surface area contributed by atoms with Crippen LogP contribution in [0.15, 0.2) is 68.7 Å². The molecule has 0 N–H and O–H groups in total. The number of carbonyl (C=O) groups is 1. The molecule has 0 spiro atoms. The van der Waals surface area contributed by atoms with Gasteiger partial charge in [0.1, 0.15) is 5.25 Å². The zero-order valence-electron chi connectivity index (χ0n) is 14.5. The Morgan fingerprint density at radius 3 is 2.59 bits per heavy atom. The van der Waals surface area contributed by atoms with E-state index in [4.69, 9.17) is 4.42 Å². The topological polar surface area (TPSA) is 59.2 Å². The largest absolute Gasteiger partial charge is 0.411 e. The zero-order valence-corrected chi connectivity index (χ0v) is 16.9. The number of amides is 1. The highest BCUT2D eigenvalue weighted by Gasteiger charge is 2.30. The smallest absolute Gasteiger partial charge is 0.277 e. The molecule has 0 radical (unpaired) electrons. The third kappa shape index (κ3) is 4.25. The Balaban J connectivity index is 1.59. The maximum atomic E-state index is 13.1. The fraction of sp³-hybridized carbons (Fsp3) is 0.250. The molecule has 2 heterocycles. The van der Waals surface area contributed by atoms with Crippen LogP contribution >= 0.6 is 27.7 Å². The van der Waals surface area contributed by atoms with Gasteiger partial charge in [0, 0.05) is 23.1 Å². The van der Waals surface area contributed by atoms with Crippen LogP contribution in [0.1, 0.15) is 23.7 Å². The monoisotopic (exact) mass is 443 g/mol. The van der Waals surface area contributed by atoms with Crippen LogP contribution in [0.4, 0.5) is 0 Å². The molecule has 3 aromatic rings. The molecular weight excluding hydrogens is 426 g/mol. The highest BCUT2D eigenvalue weighted by atomic mass is 79.9. The molecule has 1 aliphatic heterocycles. The average molecular weight is 444 g/mol. The fourth-order valence-electron chi connectivity index (χ4n) is 3.09. The predicted molar refractivity (Wildman–Crippen MR) is 108 cm³/mol. The van der Waals surface area contributed by atoms with E-state index in [1.54, 1.807) is 0 Å². The third-order valence-electron chi connectivity index (χ3n) is 4.44. The number of hydrogen-bond donors (Lipinski definition) is 0. The van der Waals surface area contributed by atoms with Crippen molar-refractivity contribution in [3.05, 3.63) is 64.6 Å². The lowest BCUT2D eigenvalue weighted by molar-refractivity contribution is -0.129. The first-order valence-corrected chi connectivity index (χ1v) is 10.5. The van der Waals surface area contributed by atoms with Crippen molar-refractivity contribution < 1.29 is 9.21 Å². The average Bonchev–Trinajstić information content (AvgIpc) is 3.38. The first-order valence-electron chi connectivity index (χ1n) is 8.80. The standard InChI is InChI=1S/C20H18BrN3O2S/c21-16-10-6-9-15(13-16)18-22-23-20(26-18)27-17(14-7-2-1-3-8-14)19(25)24-11-4-5-12-24/h1-3,6-10,13,17H,4-5,11-12H2. The Kier molecular flexibility index (Phi) is 5.59. The summed E-state index contributed by atoms with van der Waals surface area (Å²) in [5.41, 5.74) is 1.78. The summed E-state index contributed by atoms with van der Waals surface area (Å²) in [7, 11) is 0. The van der Waals surface area contributed by atoms with Crippen molar-refractivity contribution in [1.82, 2.24) is 15.1 Å². The van der Waals surface area contributed by atoms with Crippen molar-refractivity contribution in [2.24, 2.45) is 0 Å². The van der Waals surface area contributed by atoms with Crippen molar-refractivity contribution in [1.29, 1.82) is 0 Å². The summed E-state index contributed by atoms with van der Waals surface area (Å²) < 4.78 is 6.78. The summed E-state index contributed by atoms with van der Waals surface area (Å²) >= 11 is 4.76. The van der Waals surface area contributed by atoms with E-state index >= 15 is 0 Å². The minimum absolute atomic E-state index is 0.103. The lowest BCUT2D eigenvalue weighted by Crippen LogP contribution is -2.31. The van der Waals surface area contributed by atoms with Crippen LogP contribution < -0.4 is 0 Å². The van der Waals surface area contributed by atoms with Gasteiger partial charge >= 0.3 is 0 Å². The second-order valence-electron chi connectivity index (χ2n) is 6.32. The van der Waals surface area contributed by atoms with Gasteiger partial charge in [-0.2, -0.15) is 0 Å². The minimum atomic E-state index is -0.389. The number of carbonyl (C=O) groups excluding carboxylic acids is 1. The summed E-state index contributed by atoms with van der Waals surface area (Å²) in [6.07, 6.45) is 2.12. The van der Waals surface area contributed by atoms with Gasteiger partial charge in [-0.1, -0.05) is 52.3 Å². The molecular formula is C20H18BrN3O2S. The molecule has 2 aromatic carbocycles. The van der Waals surface area contributed by atoms with E-state index in [0.717, 1.165) is 41.5 Å². The molecule has 1 amide bonds. The molecule has 1 aliphatic rings. The lowest BCUT2D eigenvalue weighted by atomic mass is 10.1. The van der Waals surface area contributed by atoms with Crippen molar-refractivity contribution in [2.75, 3.05) is 13.1 Å². The van der Waals surface area contributed by atoms with Gasteiger partial charge in [0.25, 0.3) is 5.22 Å². The molecule has 0 bridgehead atoms. The molecule has 1 aromatic heterocycles. The number of likely N-dealkylation sites (tertiary alicyclic amines) is 1. The van der Waals surface area contributed by atoms with Gasteiger partial charge in [0.15, 0.2) is 0 Å².